The van der Waals surface area contributed by atoms with Crippen LogP contribution in [0.25, 0.3) is 22.6 Å². The molecule has 3 N–H and O–H groups in total. The van der Waals surface area contributed by atoms with Crippen molar-refractivity contribution in [3.63, 3.8) is 0 Å². The van der Waals surface area contributed by atoms with Gasteiger partial charge in [-0.2, -0.15) is 0 Å². The molecule has 3 aromatic heterocycles. The Morgan fingerprint density at radius 2 is 1.93 bits per heavy atom. The fraction of sp³-hybridized carbons (Fsp3) is 0.167. The number of rotatable bonds is 4. The molecule has 9 nitrogen and oxygen atoms in total. The van der Waals surface area contributed by atoms with E-state index < -0.39 is 6.03 Å². The number of anilines is 2. The van der Waals surface area contributed by atoms with E-state index in [2.05, 4.69) is 35.8 Å². The maximum Gasteiger partial charge on any atom is 0.327 e. The van der Waals surface area contributed by atoms with Gasteiger partial charge in [-0.3, -0.25) is 10.6 Å². The number of amides is 2. The van der Waals surface area contributed by atoms with Gasteiger partial charge >= 0.3 is 6.03 Å². The van der Waals surface area contributed by atoms with Crippen molar-refractivity contribution in [1.82, 2.24) is 29.7 Å². The normalized spacial score (nSPS) is 11.1. The number of H-pyrrole nitrogens is 1. The summed E-state index contributed by atoms with van der Waals surface area (Å²) in [7, 11) is 0. The minimum absolute atomic E-state index is 0.199. The molecule has 0 aliphatic rings. The quantitative estimate of drug-likeness (QED) is 0.515. The van der Waals surface area contributed by atoms with Crippen LogP contribution in [0.15, 0.2) is 48.8 Å². The van der Waals surface area contributed by atoms with Gasteiger partial charge in [-0.05, 0) is 38.1 Å². The van der Waals surface area contributed by atoms with Crippen molar-refractivity contribution < 1.29 is 4.79 Å². The number of nitrogens with one attached hydrogen (secondary N) is 3. The first-order valence-corrected chi connectivity index (χ1v) is 8.50. The summed E-state index contributed by atoms with van der Waals surface area (Å²) >= 11 is 0. The number of urea groups is 1. The number of imidazole rings is 1. The lowest BCUT2D eigenvalue weighted by molar-refractivity contribution is 0.262. The van der Waals surface area contributed by atoms with E-state index in [1.807, 2.05) is 48.7 Å². The van der Waals surface area contributed by atoms with E-state index in [4.69, 9.17) is 0 Å². The van der Waals surface area contributed by atoms with Crippen molar-refractivity contribution in [3.8, 4) is 11.5 Å². The summed E-state index contributed by atoms with van der Waals surface area (Å²) in [4.78, 5) is 24.1. The highest BCUT2D eigenvalue weighted by atomic mass is 16.2. The second-order valence-corrected chi connectivity index (χ2v) is 6.25. The number of para-hydroxylation sites is 2. The molecule has 0 saturated carbocycles. The standard InChI is InChI=1S/C18H18N8O/c1-11(2)26-10-19-25-16(26)14-8-5-9-15(20-14)23-18(27)24-17-21-12-6-3-4-7-13(12)22-17/h3-11H,1-2H3,(H3,20,21,22,23,24,27). The highest BCUT2D eigenvalue weighted by Crippen LogP contribution is 2.20. The molecule has 0 spiro atoms. The smallest absolute Gasteiger partial charge is 0.324 e. The minimum atomic E-state index is -0.441. The molecule has 4 aromatic rings. The summed E-state index contributed by atoms with van der Waals surface area (Å²) in [5.41, 5.74) is 2.25. The summed E-state index contributed by atoms with van der Waals surface area (Å²) in [6, 6.07) is 12.6. The number of benzene rings is 1. The molecule has 0 aliphatic heterocycles. The van der Waals surface area contributed by atoms with Gasteiger partial charge in [0.25, 0.3) is 0 Å². The van der Waals surface area contributed by atoms with Gasteiger partial charge in [0.1, 0.15) is 17.8 Å². The Bertz CT molecular complexity index is 1060. The largest absolute Gasteiger partial charge is 0.327 e. The lowest BCUT2D eigenvalue weighted by Crippen LogP contribution is -2.21. The Hall–Kier alpha value is -3.75. The van der Waals surface area contributed by atoms with Crippen LogP contribution in [0.5, 0.6) is 0 Å². The molecular formula is C18H18N8O. The second kappa shape index (κ2) is 6.87. The Morgan fingerprint density at radius 1 is 1.07 bits per heavy atom. The van der Waals surface area contributed by atoms with Gasteiger partial charge in [0.15, 0.2) is 5.82 Å². The van der Waals surface area contributed by atoms with E-state index in [1.165, 1.54) is 0 Å². The third kappa shape index (κ3) is 3.47. The molecule has 2 amide bonds. The van der Waals surface area contributed by atoms with E-state index >= 15 is 0 Å². The number of carbonyl (C=O) groups is 1. The van der Waals surface area contributed by atoms with Crippen molar-refractivity contribution in [2.75, 3.05) is 10.6 Å². The first-order chi connectivity index (χ1) is 13.1. The first-order valence-electron chi connectivity index (χ1n) is 8.50. The van der Waals surface area contributed by atoms with Crippen molar-refractivity contribution in [3.05, 3.63) is 48.8 Å². The van der Waals surface area contributed by atoms with E-state index in [1.54, 1.807) is 18.5 Å². The molecule has 0 saturated heterocycles. The highest BCUT2D eigenvalue weighted by Gasteiger charge is 2.13. The highest BCUT2D eigenvalue weighted by molar-refractivity contribution is 5.99. The van der Waals surface area contributed by atoms with Crippen LogP contribution in [0.3, 0.4) is 0 Å². The van der Waals surface area contributed by atoms with E-state index in [0.29, 0.717) is 23.3 Å². The monoisotopic (exact) mass is 362 g/mol. The van der Waals surface area contributed by atoms with Crippen LogP contribution in [-0.4, -0.2) is 35.7 Å². The van der Waals surface area contributed by atoms with Gasteiger partial charge in [0, 0.05) is 6.04 Å². The molecule has 4 rings (SSSR count). The number of fused-ring (bicyclic) bond motifs is 1. The molecule has 0 fully saturated rings. The van der Waals surface area contributed by atoms with E-state index in [0.717, 1.165) is 11.0 Å². The zero-order chi connectivity index (χ0) is 18.8. The molecule has 27 heavy (non-hydrogen) atoms. The topological polar surface area (TPSA) is 113 Å². The van der Waals surface area contributed by atoms with Gasteiger partial charge in [0.05, 0.1) is 11.0 Å². The van der Waals surface area contributed by atoms with Crippen LogP contribution in [0.2, 0.25) is 0 Å². The Balaban J connectivity index is 1.50. The summed E-state index contributed by atoms with van der Waals surface area (Å²) in [6.45, 7) is 4.07. The number of carbonyl (C=O) groups excluding carboxylic acids is 1. The average molecular weight is 362 g/mol. The van der Waals surface area contributed by atoms with Gasteiger partial charge in [0.2, 0.25) is 5.95 Å². The summed E-state index contributed by atoms with van der Waals surface area (Å²) in [5.74, 6) is 1.41. The summed E-state index contributed by atoms with van der Waals surface area (Å²) in [6.07, 6.45) is 1.66. The fourth-order valence-electron chi connectivity index (χ4n) is 2.70. The van der Waals surface area contributed by atoms with Crippen molar-refractivity contribution >= 4 is 28.8 Å². The number of pyridine rings is 1. The van der Waals surface area contributed by atoms with Crippen molar-refractivity contribution in [2.45, 2.75) is 19.9 Å². The van der Waals surface area contributed by atoms with Crippen LogP contribution < -0.4 is 10.6 Å². The molecule has 9 heteroatoms. The van der Waals surface area contributed by atoms with E-state index in [9.17, 15) is 4.79 Å². The molecular weight excluding hydrogens is 344 g/mol. The Kier molecular flexibility index (Phi) is 4.25. The number of aromatic amines is 1. The third-order valence-electron chi connectivity index (χ3n) is 3.97. The van der Waals surface area contributed by atoms with Crippen LogP contribution in [0, 0.1) is 0 Å². The Labute approximate surface area is 154 Å². The minimum Gasteiger partial charge on any atom is -0.324 e. The predicted octanol–water partition coefficient (Wildman–Crippen LogP) is 3.44. The molecule has 1 aromatic carbocycles. The van der Waals surface area contributed by atoms with Gasteiger partial charge in [-0.15, -0.1) is 10.2 Å². The molecule has 0 bridgehead atoms. The number of nitrogens with zero attached hydrogens (tertiary/aromatic N) is 5. The maximum atomic E-state index is 12.3. The fourth-order valence-corrected chi connectivity index (χ4v) is 2.70. The van der Waals surface area contributed by atoms with Crippen LogP contribution in [-0.2, 0) is 0 Å². The lowest BCUT2D eigenvalue weighted by Gasteiger charge is -2.10. The number of hydrogen-bond acceptors (Lipinski definition) is 5. The van der Waals surface area contributed by atoms with Crippen LogP contribution in [0.4, 0.5) is 16.6 Å². The zero-order valence-corrected chi connectivity index (χ0v) is 14.8. The summed E-state index contributed by atoms with van der Waals surface area (Å²) in [5, 5.41) is 13.5. The first kappa shape index (κ1) is 16.7. The zero-order valence-electron chi connectivity index (χ0n) is 14.8. The number of hydrogen-bond donors (Lipinski definition) is 3. The molecule has 136 valence electrons. The van der Waals surface area contributed by atoms with Gasteiger partial charge in [-0.1, -0.05) is 18.2 Å². The Morgan fingerprint density at radius 3 is 2.74 bits per heavy atom. The van der Waals surface area contributed by atoms with Crippen molar-refractivity contribution in [1.29, 1.82) is 0 Å². The predicted molar refractivity (Wildman–Crippen MR) is 102 cm³/mol. The molecule has 0 radical (unpaired) electrons. The third-order valence-corrected chi connectivity index (χ3v) is 3.97. The molecule has 3 heterocycles. The van der Waals surface area contributed by atoms with Crippen LogP contribution in [0.1, 0.15) is 19.9 Å². The second-order valence-electron chi connectivity index (χ2n) is 6.25. The van der Waals surface area contributed by atoms with Crippen molar-refractivity contribution in [2.24, 2.45) is 0 Å². The van der Waals surface area contributed by atoms with Gasteiger partial charge < -0.3 is 9.55 Å². The van der Waals surface area contributed by atoms with Gasteiger partial charge in [-0.25, -0.2) is 14.8 Å². The van der Waals surface area contributed by atoms with Crippen LogP contribution >= 0.6 is 0 Å². The average Bonchev–Trinajstić information content (AvgIpc) is 3.28. The SMILES string of the molecule is CC(C)n1cnnc1-c1cccc(NC(=O)Nc2nc3ccccc3[nH]2)n1. The maximum absolute atomic E-state index is 12.3. The molecule has 0 unspecified atom stereocenters. The molecule has 0 aliphatic carbocycles. The number of aromatic nitrogens is 6. The molecule has 0 atom stereocenters. The summed E-state index contributed by atoms with van der Waals surface area (Å²) < 4.78 is 1.92. The lowest BCUT2D eigenvalue weighted by atomic mass is 10.3. The van der Waals surface area contributed by atoms with E-state index in [-0.39, 0.29) is 6.04 Å².